The zero-order valence-corrected chi connectivity index (χ0v) is 17.8. The van der Waals surface area contributed by atoms with Crippen molar-refractivity contribution in [3.05, 3.63) is 88.7 Å². The summed E-state index contributed by atoms with van der Waals surface area (Å²) in [5.74, 6) is -0.242. The van der Waals surface area contributed by atoms with Crippen molar-refractivity contribution in [3.8, 4) is 0 Å². The molecule has 0 atom stereocenters. The number of nitrogens with one attached hydrogen (secondary N) is 3. The minimum Gasteiger partial charge on any atom is -0.326 e. The van der Waals surface area contributed by atoms with Crippen molar-refractivity contribution in [2.24, 2.45) is 4.99 Å². The zero-order valence-electron chi connectivity index (χ0n) is 16.2. The van der Waals surface area contributed by atoms with Crippen LogP contribution in [0.15, 0.2) is 82.5 Å². The van der Waals surface area contributed by atoms with Gasteiger partial charge in [0.25, 0.3) is 5.91 Å². The van der Waals surface area contributed by atoms with Gasteiger partial charge in [-0.1, -0.05) is 22.0 Å². The molecule has 0 radical (unpaired) electrons. The third-order valence-electron chi connectivity index (χ3n) is 3.95. The van der Waals surface area contributed by atoms with Crippen LogP contribution in [0.1, 0.15) is 22.8 Å². The number of rotatable bonds is 5. The van der Waals surface area contributed by atoms with Gasteiger partial charge in [0.15, 0.2) is 0 Å². The molecule has 0 saturated carbocycles. The molecule has 0 spiro atoms. The second-order valence-electron chi connectivity index (χ2n) is 6.37. The fraction of sp³-hybridized carbons (Fsp3) is 0.0909. The maximum atomic E-state index is 12.8. The Morgan fingerprint density at radius 2 is 1.70 bits per heavy atom. The zero-order chi connectivity index (χ0) is 21.3. The van der Waals surface area contributed by atoms with Gasteiger partial charge in [0, 0.05) is 40.7 Å². The van der Waals surface area contributed by atoms with Crippen LogP contribution in [0.2, 0.25) is 0 Å². The van der Waals surface area contributed by atoms with Crippen LogP contribution in [-0.4, -0.2) is 22.8 Å². The summed E-state index contributed by atoms with van der Waals surface area (Å²) in [6, 6.07) is 17.9. The molecule has 2 amide bonds. The van der Waals surface area contributed by atoms with Crippen LogP contribution in [0.25, 0.3) is 0 Å². The van der Waals surface area contributed by atoms with E-state index in [1.54, 1.807) is 36.7 Å². The third-order valence-corrected chi connectivity index (χ3v) is 4.48. The summed E-state index contributed by atoms with van der Waals surface area (Å²) in [5.41, 5.74) is 2.68. The summed E-state index contributed by atoms with van der Waals surface area (Å²) in [7, 11) is 0. The number of nitrogens with zero attached hydrogens (tertiary/aromatic N) is 2. The topological polar surface area (TPSA) is 95.5 Å². The molecule has 0 unspecified atom stereocenters. The van der Waals surface area contributed by atoms with Crippen LogP contribution in [0, 0.1) is 0 Å². The van der Waals surface area contributed by atoms with E-state index < -0.39 is 0 Å². The molecule has 0 saturated heterocycles. The molecule has 3 N–H and O–H groups in total. The number of anilines is 2. The molecule has 30 heavy (non-hydrogen) atoms. The lowest BCUT2D eigenvalue weighted by molar-refractivity contribution is -0.114. The van der Waals surface area contributed by atoms with Gasteiger partial charge in [-0.2, -0.15) is 0 Å². The monoisotopic (exact) mass is 465 g/mol. The average Bonchev–Trinajstić information content (AvgIpc) is 2.74. The second kappa shape index (κ2) is 10.3. The number of amides is 2. The number of carbonyl (C=O) groups is 2. The van der Waals surface area contributed by atoms with Gasteiger partial charge in [0.1, 0.15) is 0 Å². The molecule has 8 heteroatoms. The number of benzene rings is 2. The average molecular weight is 466 g/mol. The molecule has 0 bridgehead atoms. The Bertz CT molecular complexity index is 1050. The smallest absolute Gasteiger partial charge is 0.258 e. The number of carbonyl (C=O) groups excluding carboxylic acids is 2. The van der Waals surface area contributed by atoms with E-state index in [2.05, 4.69) is 41.9 Å². The SMILES string of the molecule is CC(=O)Nc1cccc(C(=O)NC(=NCc2ccncc2)Nc2ccc(Br)cc2)c1. The van der Waals surface area contributed by atoms with Crippen LogP contribution >= 0.6 is 15.9 Å². The van der Waals surface area contributed by atoms with Crippen molar-refractivity contribution in [2.75, 3.05) is 10.6 Å². The predicted octanol–water partition coefficient (Wildman–Crippen LogP) is 4.20. The fourth-order valence-electron chi connectivity index (χ4n) is 2.56. The van der Waals surface area contributed by atoms with E-state index in [0.29, 0.717) is 23.8 Å². The summed E-state index contributed by atoms with van der Waals surface area (Å²) in [4.78, 5) is 32.6. The van der Waals surface area contributed by atoms with E-state index in [0.717, 1.165) is 15.7 Å². The second-order valence-corrected chi connectivity index (χ2v) is 7.28. The van der Waals surface area contributed by atoms with Gasteiger partial charge in [-0.05, 0) is 60.2 Å². The Kier molecular flexibility index (Phi) is 7.29. The molecular weight excluding hydrogens is 446 g/mol. The molecule has 3 rings (SSSR count). The minimum atomic E-state index is -0.347. The maximum absolute atomic E-state index is 12.8. The van der Waals surface area contributed by atoms with Crippen molar-refractivity contribution < 1.29 is 9.59 Å². The highest BCUT2D eigenvalue weighted by molar-refractivity contribution is 9.10. The fourth-order valence-corrected chi connectivity index (χ4v) is 2.82. The largest absolute Gasteiger partial charge is 0.326 e. The Balaban J connectivity index is 1.79. The first-order valence-corrected chi connectivity index (χ1v) is 9.94. The minimum absolute atomic E-state index is 0.205. The summed E-state index contributed by atoms with van der Waals surface area (Å²) < 4.78 is 0.946. The van der Waals surface area contributed by atoms with Gasteiger partial charge in [-0.3, -0.25) is 19.9 Å². The Hall–Kier alpha value is -3.52. The highest BCUT2D eigenvalue weighted by Gasteiger charge is 2.11. The highest BCUT2D eigenvalue weighted by atomic mass is 79.9. The summed E-state index contributed by atoms with van der Waals surface area (Å²) >= 11 is 3.40. The molecule has 0 aliphatic heterocycles. The molecule has 3 aromatic rings. The van der Waals surface area contributed by atoms with Gasteiger partial charge in [-0.15, -0.1) is 0 Å². The Labute approximate surface area is 182 Å². The number of hydrogen-bond donors (Lipinski definition) is 3. The van der Waals surface area contributed by atoms with E-state index >= 15 is 0 Å². The van der Waals surface area contributed by atoms with E-state index in [1.807, 2.05) is 36.4 Å². The van der Waals surface area contributed by atoms with Crippen molar-refractivity contribution in [1.29, 1.82) is 0 Å². The molecule has 2 aromatic carbocycles. The lowest BCUT2D eigenvalue weighted by atomic mass is 10.2. The molecule has 7 nitrogen and oxygen atoms in total. The van der Waals surface area contributed by atoms with Crippen molar-refractivity contribution in [3.63, 3.8) is 0 Å². The van der Waals surface area contributed by atoms with E-state index in [-0.39, 0.29) is 11.8 Å². The van der Waals surface area contributed by atoms with Gasteiger partial charge >= 0.3 is 0 Å². The van der Waals surface area contributed by atoms with E-state index in [1.165, 1.54) is 6.92 Å². The van der Waals surface area contributed by atoms with Crippen molar-refractivity contribution in [1.82, 2.24) is 10.3 Å². The summed E-state index contributed by atoms with van der Waals surface area (Å²) in [5, 5.41) is 8.61. The normalized spacial score (nSPS) is 10.9. The number of pyridine rings is 1. The molecule has 1 aromatic heterocycles. The summed E-state index contributed by atoms with van der Waals surface area (Å²) in [6.45, 7) is 1.78. The van der Waals surface area contributed by atoms with Crippen LogP contribution in [-0.2, 0) is 11.3 Å². The first-order chi connectivity index (χ1) is 14.5. The Morgan fingerprint density at radius 3 is 2.40 bits per heavy atom. The van der Waals surface area contributed by atoms with Gasteiger partial charge in [0.2, 0.25) is 11.9 Å². The van der Waals surface area contributed by atoms with Crippen LogP contribution < -0.4 is 16.0 Å². The van der Waals surface area contributed by atoms with Gasteiger partial charge < -0.3 is 10.6 Å². The molecule has 152 valence electrons. The van der Waals surface area contributed by atoms with Gasteiger partial charge in [0.05, 0.1) is 6.54 Å². The number of hydrogen-bond acceptors (Lipinski definition) is 4. The predicted molar refractivity (Wildman–Crippen MR) is 121 cm³/mol. The third kappa shape index (κ3) is 6.52. The molecule has 0 aliphatic rings. The number of aliphatic imine (C=N–C) groups is 1. The molecule has 1 heterocycles. The first-order valence-electron chi connectivity index (χ1n) is 9.14. The molecule has 0 aliphatic carbocycles. The lowest BCUT2D eigenvalue weighted by Crippen LogP contribution is -2.36. The van der Waals surface area contributed by atoms with E-state index in [4.69, 9.17) is 0 Å². The van der Waals surface area contributed by atoms with Crippen LogP contribution in [0.5, 0.6) is 0 Å². The van der Waals surface area contributed by atoms with Crippen LogP contribution in [0.4, 0.5) is 11.4 Å². The highest BCUT2D eigenvalue weighted by Crippen LogP contribution is 2.15. The van der Waals surface area contributed by atoms with Crippen LogP contribution in [0.3, 0.4) is 0 Å². The molecule has 0 fully saturated rings. The number of guanidine groups is 1. The molecular formula is C22H20BrN5O2. The standard InChI is InChI=1S/C22H20BrN5O2/c1-15(29)26-20-4-2-3-17(13-20)21(30)28-22(25-14-16-9-11-24-12-10-16)27-19-7-5-18(23)6-8-19/h2-13H,14H2,1H3,(H,26,29)(H2,25,27,28,30). The van der Waals surface area contributed by atoms with E-state index in [9.17, 15) is 9.59 Å². The quantitative estimate of drug-likeness (QED) is 0.388. The summed E-state index contributed by atoms with van der Waals surface area (Å²) in [6.07, 6.45) is 3.39. The Morgan fingerprint density at radius 1 is 0.967 bits per heavy atom. The maximum Gasteiger partial charge on any atom is 0.258 e. The van der Waals surface area contributed by atoms with Crippen molar-refractivity contribution >= 4 is 45.1 Å². The number of halogens is 1. The van der Waals surface area contributed by atoms with Gasteiger partial charge in [-0.25, -0.2) is 4.99 Å². The van der Waals surface area contributed by atoms with Crippen molar-refractivity contribution in [2.45, 2.75) is 13.5 Å². The number of aromatic nitrogens is 1. The lowest BCUT2D eigenvalue weighted by Gasteiger charge is -2.13. The first kappa shape index (κ1) is 21.2.